The van der Waals surface area contributed by atoms with Crippen LogP contribution in [0.15, 0.2) is 24.3 Å². The molecule has 62 valence electrons. The molecular formula is C10H9IO. The van der Waals surface area contributed by atoms with Gasteiger partial charge in [0.15, 0.2) is 0 Å². The second-order valence-corrected chi connectivity index (χ2v) is 2.91. The van der Waals surface area contributed by atoms with E-state index >= 15 is 0 Å². The summed E-state index contributed by atoms with van der Waals surface area (Å²) in [5.74, 6) is 3.70. The van der Waals surface area contributed by atoms with Crippen molar-refractivity contribution < 1.29 is 4.74 Å². The van der Waals surface area contributed by atoms with Gasteiger partial charge in [0, 0.05) is 22.6 Å². The Kier molecular flexibility index (Phi) is 3.95. The molecule has 0 aliphatic carbocycles. The molecule has 1 aromatic carbocycles. The molecule has 0 atom stereocenters. The Morgan fingerprint density at radius 3 is 2.58 bits per heavy atom. The van der Waals surface area contributed by atoms with Gasteiger partial charge in [-0.15, -0.1) is 0 Å². The van der Waals surface area contributed by atoms with Crippen LogP contribution >= 0.6 is 22.6 Å². The summed E-state index contributed by atoms with van der Waals surface area (Å²) >= 11 is 1.99. The Morgan fingerprint density at radius 1 is 1.33 bits per heavy atom. The zero-order chi connectivity index (χ0) is 8.81. The molecule has 0 heterocycles. The van der Waals surface area contributed by atoms with Crippen molar-refractivity contribution in [3.63, 3.8) is 0 Å². The van der Waals surface area contributed by atoms with Crippen molar-refractivity contribution in [3.05, 3.63) is 29.8 Å². The summed E-state index contributed by atoms with van der Waals surface area (Å²) in [6.07, 6.45) is 0. The second kappa shape index (κ2) is 5.04. The highest BCUT2D eigenvalue weighted by Gasteiger charge is 1.89. The number of hydrogen-bond acceptors (Lipinski definition) is 1. The lowest BCUT2D eigenvalue weighted by molar-refractivity contribution is 0.370. The minimum absolute atomic E-state index is 0.464. The first-order valence-corrected chi connectivity index (χ1v) is 4.69. The van der Waals surface area contributed by atoms with Crippen LogP contribution in [0.1, 0.15) is 5.56 Å². The van der Waals surface area contributed by atoms with Gasteiger partial charge in [-0.05, 0) is 23.0 Å². The van der Waals surface area contributed by atoms with E-state index in [-0.39, 0.29) is 0 Å². The van der Waals surface area contributed by atoms with Gasteiger partial charge >= 0.3 is 0 Å². The lowest BCUT2D eigenvalue weighted by Gasteiger charge is -2.00. The van der Waals surface area contributed by atoms with Crippen LogP contribution in [0.4, 0.5) is 0 Å². The molecule has 0 radical (unpaired) electrons. The molecule has 1 rings (SSSR count). The third-order valence-corrected chi connectivity index (χ3v) is 1.78. The average Bonchev–Trinajstić information content (AvgIpc) is 2.09. The molecule has 0 aromatic heterocycles. The van der Waals surface area contributed by atoms with Crippen LogP contribution in [-0.2, 0) is 0 Å². The Hall–Kier alpha value is -0.690. The van der Waals surface area contributed by atoms with E-state index in [2.05, 4.69) is 16.8 Å². The molecule has 0 saturated heterocycles. The molecule has 1 aromatic rings. The van der Waals surface area contributed by atoms with E-state index in [1.807, 2.05) is 46.9 Å². The first kappa shape index (κ1) is 9.40. The van der Waals surface area contributed by atoms with Crippen molar-refractivity contribution in [2.24, 2.45) is 0 Å². The molecule has 0 saturated carbocycles. The average molecular weight is 272 g/mol. The van der Waals surface area contributed by atoms with Gasteiger partial charge in [0.2, 0.25) is 0 Å². The van der Waals surface area contributed by atoms with Gasteiger partial charge in [0.25, 0.3) is 0 Å². The third-order valence-electron chi connectivity index (χ3n) is 1.40. The van der Waals surface area contributed by atoms with Gasteiger partial charge in [-0.3, -0.25) is 0 Å². The lowest BCUT2D eigenvalue weighted by Crippen LogP contribution is -1.92. The summed E-state index contributed by atoms with van der Waals surface area (Å²) in [5, 5.41) is 0. The molecule has 0 aliphatic rings. The van der Waals surface area contributed by atoms with E-state index in [1.165, 1.54) is 5.56 Å². The predicted octanol–water partition coefficient (Wildman–Crippen LogP) is 2.77. The van der Waals surface area contributed by atoms with Crippen molar-refractivity contribution in [2.75, 3.05) is 6.61 Å². The molecule has 0 spiro atoms. The normalized spacial score (nSPS) is 8.50. The maximum Gasteiger partial charge on any atom is 0.149 e. The van der Waals surface area contributed by atoms with Crippen LogP contribution in [-0.4, -0.2) is 6.61 Å². The molecule has 0 bridgehead atoms. The Bertz CT molecular complexity index is 292. The van der Waals surface area contributed by atoms with Crippen LogP contribution in [0.25, 0.3) is 0 Å². The lowest BCUT2D eigenvalue weighted by atomic mass is 10.2. The predicted molar refractivity (Wildman–Crippen MR) is 58.5 cm³/mol. The van der Waals surface area contributed by atoms with Gasteiger partial charge in [-0.1, -0.05) is 23.6 Å². The fourth-order valence-electron chi connectivity index (χ4n) is 0.781. The number of halogens is 1. The van der Waals surface area contributed by atoms with Gasteiger partial charge in [0.1, 0.15) is 12.4 Å². The van der Waals surface area contributed by atoms with Crippen LogP contribution < -0.4 is 4.74 Å². The summed E-state index contributed by atoms with van der Waals surface area (Å²) in [6, 6.07) is 7.94. The highest BCUT2D eigenvalue weighted by atomic mass is 127. The largest absolute Gasteiger partial charge is 0.481 e. The highest BCUT2D eigenvalue weighted by molar-refractivity contribution is 14.1. The summed E-state index contributed by atoms with van der Waals surface area (Å²) in [6.45, 7) is 2.51. The monoisotopic (exact) mass is 272 g/mol. The van der Waals surface area contributed by atoms with Gasteiger partial charge < -0.3 is 4.74 Å². The number of ether oxygens (including phenoxy) is 1. The quantitative estimate of drug-likeness (QED) is 0.594. The zero-order valence-corrected chi connectivity index (χ0v) is 8.96. The minimum Gasteiger partial charge on any atom is -0.481 e. The fourth-order valence-corrected chi connectivity index (χ4v) is 0.937. The molecule has 0 aliphatic heterocycles. The standard InChI is InChI=1S/C10H9IO/c1-9-3-5-10(6-4-9)12-8-2-7-11/h3-6H,8H2,1H3. The van der Waals surface area contributed by atoms with Gasteiger partial charge in [-0.2, -0.15) is 0 Å². The minimum atomic E-state index is 0.464. The number of rotatable bonds is 2. The molecule has 0 N–H and O–H groups in total. The first-order valence-electron chi connectivity index (χ1n) is 3.61. The van der Waals surface area contributed by atoms with Crippen molar-refractivity contribution in [3.8, 4) is 15.6 Å². The van der Waals surface area contributed by atoms with Crippen LogP contribution in [0.3, 0.4) is 0 Å². The second-order valence-electron chi connectivity index (χ2n) is 2.37. The van der Waals surface area contributed by atoms with Crippen LogP contribution in [0.2, 0.25) is 0 Å². The van der Waals surface area contributed by atoms with E-state index < -0.39 is 0 Å². The first-order chi connectivity index (χ1) is 5.83. The molecule has 0 unspecified atom stereocenters. The highest BCUT2D eigenvalue weighted by Crippen LogP contribution is 2.10. The van der Waals surface area contributed by atoms with Gasteiger partial charge in [0.05, 0.1) is 0 Å². The molecule has 12 heavy (non-hydrogen) atoms. The maximum absolute atomic E-state index is 5.32. The van der Waals surface area contributed by atoms with Crippen molar-refractivity contribution in [2.45, 2.75) is 6.92 Å². The van der Waals surface area contributed by atoms with E-state index in [9.17, 15) is 0 Å². The van der Waals surface area contributed by atoms with Crippen molar-refractivity contribution in [1.29, 1.82) is 0 Å². The SMILES string of the molecule is Cc1ccc(OCC#CI)cc1. The third kappa shape index (κ3) is 3.14. The van der Waals surface area contributed by atoms with E-state index in [4.69, 9.17) is 4.74 Å². The van der Waals surface area contributed by atoms with Crippen molar-refractivity contribution in [1.82, 2.24) is 0 Å². The molecule has 0 amide bonds. The van der Waals surface area contributed by atoms with Crippen molar-refractivity contribution >= 4 is 22.6 Å². The van der Waals surface area contributed by atoms with Gasteiger partial charge in [-0.25, -0.2) is 0 Å². The Balaban J connectivity index is 2.51. The Morgan fingerprint density at radius 2 is 2.00 bits per heavy atom. The fraction of sp³-hybridized carbons (Fsp3) is 0.200. The van der Waals surface area contributed by atoms with E-state index in [0.29, 0.717) is 6.61 Å². The molecular weight excluding hydrogens is 263 g/mol. The summed E-state index contributed by atoms with van der Waals surface area (Å²) < 4.78 is 8.07. The summed E-state index contributed by atoms with van der Waals surface area (Å²) in [5.41, 5.74) is 1.24. The van der Waals surface area contributed by atoms with Crippen LogP contribution in [0.5, 0.6) is 5.75 Å². The summed E-state index contributed by atoms with van der Waals surface area (Å²) in [7, 11) is 0. The zero-order valence-electron chi connectivity index (χ0n) is 6.80. The number of hydrogen-bond donors (Lipinski definition) is 0. The molecule has 0 fully saturated rings. The topological polar surface area (TPSA) is 9.23 Å². The summed E-state index contributed by atoms with van der Waals surface area (Å²) in [4.78, 5) is 0. The molecule has 2 heteroatoms. The Labute approximate surface area is 86.3 Å². The smallest absolute Gasteiger partial charge is 0.149 e. The van der Waals surface area contributed by atoms with E-state index in [0.717, 1.165) is 5.75 Å². The van der Waals surface area contributed by atoms with E-state index in [1.54, 1.807) is 0 Å². The number of aryl methyl sites for hydroxylation is 1. The molecule has 1 nitrogen and oxygen atoms in total. The van der Waals surface area contributed by atoms with Crippen LogP contribution in [0, 0.1) is 16.8 Å². The maximum atomic E-state index is 5.32. The number of benzene rings is 1.